The Kier molecular flexibility index (Phi) is 9.42. The molecule has 0 saturated carbocycles. The molecule has 0 saturated heterocycles. The number of hydrogen-bond donors (Lipinski definition) is 0. The van der Waals surface area contributed by atoms with Crippen molar-refractivity contribution in [3.8, 4) is 0 Å². The third-order valence-electron chi connectivity index (χ3n) is 3.52. The first-order valence-corrected chi connectivity index (χ1v) is 8.52. The maximum atomic E-state index is 11.2. The molecular formula is C20H24O8. The van der Waals surface area contributed by atoms with Crippen molar-refractivity contribution in [2.24, 2.45) is 0 Å². The summed E-state index contributed by atoms with van der Waals surface area (Å²) in [6.07, 6.45) is 6.71. The lowest BCUT2D eigenvalue weighted by Gasteiger charge is -2.15. The third kappa shape index (κ3) is 8.98. The Bertz CT molecular complexity index is 628. The monoisotopic (exact) mass is 392 g/mol. The van der Waals surface area contributed by atoms with E-state index in [0.717, 1.165) is 0 Å². The molecule has 1 aliphatic carbocycles. The van der Waals surface area contributed by atoms with E-state index in [9.17, 15) is 19.2 Å². The zero-order chi connectivity index (χ0) is 21.1. The largest absolute Gasteiger partial charge is 0.461 e. The minimum atomic E-state index is -0.454. The molecule has 0 aliphatic heterocycles. The van der Waals surface area contributed by atoms with E-state index in [4.69, 9.17) is 18.9 Å². The Morgan fingerprint density at radius 1 is 0.500 bits per heavy atom. The molecule has 0 fully saturated rings. The Labute approximate surface area is 163 Å². The van der Waals surface area contributed by atoms with Gasteiger partial charge in [0.25, 0.3) is 0 Å². The summed E-state index contributed by atoms with van der Waals surface area (Å²) in [5.41, 5.74) is 2.44. The molecule has 0 aromatic rings. The summed E-state index contributed by atoms with van der Waals surface area (Å²) in [5.74, 6) is -1.81. The summed E-state index contributed by atoms with van der Waals surface area (Å²) in [5, 5.41) is 0. The Morgan fingerprint density at radius 2 is 0.679 bits per heavy atom. The molecule has 0 heterocycles. The highest BCUT2D eigenvalue weighted by Gasteiger charge is 2.13. The standard InChI is InChI=1S/C20H24O8/c1-13(21)25-9-17-5-6-19(11-27-15(3)23)20(12-28-16(4)24)8-7-18(17)10-26-14(2)22/h5-8H,9-12H2,1-4H3/b6-5-,8-7-,17-5?,18-7?,18-17-,19-6?,20-8?,20-19-. The van der Waals surface area contributed by atoms with Crippen molar-refractivity contribution in [2.45, 2.75) is 27.7 Å². The highest BCUT2D eigenvalue weighted by atomic mass is 16.5. The van der Waals surface area contributed by atoms with E-state index in [1.807, 2.05) is 0 Å². The van der Waals surface area contributed by atoms with Crippen LogP contribution in [0.5, 0.6) is 0 Å². The van der Waals surface area contributed by atoms with Crippen LogP contribution < -0.4 is 0 Å². The van der Waals surface area contributed by atoms with Crippen LogP contribution in [0.2, 0.25) is 0 Å². The summed E-state index contributed by atoms with van der Waals surface area (Å²) in [6, 6.07) is 0. The summed E-state index contributed by atoms with van der Waals surface area (Å²) in [4.78, 5) is 44.7. The van der Waals surface area contributed by atoms with Crippen LogP contribution in [0.4, 0.5) is 0 Å². The van der Waals surface area contributed by atoms with Crippen LogP contribution >= 0.6 is 0 Å². The topological polar surface area (TPSA) is 105 Å². The molecule has 28 heavy (non-hydrogen) atoms. The summed E-state index contributed by atoms with van der Waals surface area (Å²) >= 11 is 0. The number of ether oxygens (including phenoxy) is 4. The van der Waals surface area contributed by atoms with Crippen molar-refractivity contribution in [3.05, 3.63) is 46.6 Å². The molecule has 0 unspecified atom stereocenters. The molecule has 0 spiro atoms. The minimum absolute atomic E-state index is 0.0209. The Balaban J connectivity index is 3.22. The van der Waals surface area contributed by atoms with Gasteiger partial charge in [0.2, 0.25) is 0 Å². The molecule has 0 atom stereocenters. The van der Waals surface area contributed by atoms with Crippen molar-refractivity contribution in [1.29, 1.82) is 0 Å². The van der Waals surface area contributed by atoms with Gasteiger partial charge in [-0.1, -0.05) is 24.3 Å². The number of carbonyl (C=O) groups excluding carboxylic acids is 4. The molecular weight excluding hydrogens is 368 g/mol. The first-order chi connectivity index (χ1) is 13.2. The fraction of sp³-hybridized carbons (Fsp3) is 0.400. The zero-order valence-corrected chi connectivity index (χ0v) is 16.4. The average molecular weight is 392 g/mol. The van der Waals surface area contributed by atoms with Gasteiger partial charge in [-0.2, -0.15) is 0 Å². The predicted octanol–water partition coefficient (Wildman–Crippen LogP) is 1.96. The molecule has 152 valence electrons. The summed E-state index contributed by atoms with van der Waals surface area (Å²) in [6.45, 7) is 5.08. The molecule has 1 rings (SSSR count). The van der Waals surface area contributed by atoms with Crippen LogP contribution in [0.1, 0.15) is 27.7 Å². The maximum Gasteiger partial charge on any atom is 0.302 e. The van der Waals surface area contributed by atoms with E-state index < -0.39 is 23.9 Å². The number of carbonyl (C=O) groups is 4. The van der Waals surface area contributed by atoms with Crippen molar-refractivity contribution in [1.82, 2.24) is 0 Å². The lowest BCUT2D eigenvalue weighted by atomic mass is 10.00. The van der Waals surface area contributed by atoms with Crippen molar-refractivity contribution < 1.29 is 38.1 Å². The minimum Gasteiger partial charge on any atom is -0.461 e. The first-order valence-electron chi connectivity index (χ1n) is 8.52. The molecule has 8 heteroatoms. The lowest BCUT2D eigenvalue weighted by molar-refractivity contribution is -0.141. The normalized spacial score (nSPS) is 21.0. The fourth-order valence-corrected chi connectivity index (χ4v) is 2.11. The van der Waals surface area contributed by atoms with Gasteiger partial charge in [-0.05, 0) is 22.3 Å². The van der Waals surface area contributed by atoms with Gasteiger partial charge in [-0.3, -0.25) is 19.2 Å². The first kappa shape index (κ1) is 22.9. The van der Waals surface area contributed by atoms with Gasteiger partial charge in [0.05, 0.1) is 0 Å². The second kappa shape index (κ2) is 11.5. The van der Waals surface area contributed by atoms with Gasteiger partial charge in [-0.15, -0.1) is 0 Å². The highest BCUT2D eigenvalue weighted by molar-refractivity contribution is 5.68. The maximum absolute atomic E-state index is 11.2. The van der Waals surface area contributed by atoms with Crippen molar-refractivity contribution in [2.75, 3.05) is 26.4 Å². The van der Waals surface area contributed by atoms with E-state index in [-0.39, 0.29) is 26.4 Å². The molecule has 0 N–H and O–H groups in total. The van der Waals surface area contributed by atoms with E-state index in [0.29, 0.717) is 22.3 Å². The van der Waals surface area contributed by atoms with Crippen LogP contribution in [0.25, 0.3) is 0 Å². The summed E-state index contributed by atoms with van der Waals surface area (Å²) < 4.78 is 20.2. The van der Waals surface area contributed by atoms with Crippen LogP contribution in [0.15, 0.2) is 46.6 Å². The van der Waals surface area contributed by atoms with Gasteiger partial charge >= 0.3 is 23.9 Å². The quantitative estimate of drug-likeness (QED) is 0.456. The van der Waals surface area contributed by atoms with E-state index >= 15 is 0 Å². The van der Waals surface area contributed by atoms with Gasteiger partial charge in [0.15, 0.2) is 0 Å². The summed E-state index contributed by atoms with van der Waals surface area (Å²) in [7, 11) is 0. The van der Waals surface area contributed by atoms with Crippen LogP contribution in [-0.2, 0) is 38.1 Å². The van der Waals surface area contributed by atoms with Crippen LogP contribution in [0.3, 0.4) is 0 Å². The number of rotatable bonds is 8. The smallest absolute Gasteiger partial charge is 0.302 e. The van der Waals surface area contributed by atoms with Gasteiger partial charge in [0.1, 0.15) is 26.4 Å². The number of esters is 4. The van der Waals surface area contributed by atoms with E-state index in [1.165, 1.54) is 27.7 Å². The molecule has 0 bridgehead atoms. The van der Waals surface area contributed by atoms with Gasteiger partial charge < -0.3 is 18.9 Å². The van der Waals surface area contributed by atoms with Gasteiger partial charge in [0, 0.05) is 27.7 Å². The average Bonchev–Trinajstić information content (AvgIpc) is 2.58. The van der Waals surface area contributed by atoms with Crippen LogP contribution in [-0.4, -0.2) is 50.3 Å². The fourth-order valence-electron chi connectivity index (χ4n) is 2.11. The zero-order valence-electron chi connectivity index (χ0n) is 16.4. The molecule has 0 aromatic carbocycles. The van der Waals surface area contributed by atoms with E-state index in [2.05, 4.69) is 0 Å². The van der Waals surface area contributed by atoms with Crippen molar-refractivity contribution in [3.63, 3.8) is 0 Å². The van der Waals surface area contributed by atoms with Gasteiger partial charge in [-0.25, -0.2) is 0 Å². The lowest BCUT2D eigenvalue weighted by Crippen LogP contribution is -2.12. The number of hydrogen-bond acceptors (Lipinski definition) is 8. The van der Waals surface area contributed by atoms with Crippen molar-refractivity contribution >= 4 is 23.9 Å². The molecule has 1 aliphatic rings. The predicted molar refractivity (Wildman–Crippen MR) is 98.9 cm³/mol. The van der Waals surface area contributed by atoms with Crippen LogP contribution in [0, 0.1) is 0 Å². The molecule has 8 nitrogen and oxygen atoms in total. The second-order valence-corrected chi connectivity index (χ2v) is 5.89. The Hall–Kier alpha value is -3.16. The molecule has 0 aromatic heterocycles. The van der Waals surface area contributed by atoms with E-state index in [1.54, 1.807) is 24.3 Å². The molecule has 0 radical (unpaired) electrons. The third-order valence-corrected chi connectivity index (χ3v) is 3.52. The molecule has 0 amide bonds. The highest BCUT2D eigenvalue weighted by Crippen LogP contribution is 2.19. The Morgan fingerprint density at radius 3 is 0.821 bits per heavy atom. The SMILES string of the molecule is CC(=O)OCC1=C(COC(C)=O)/C=C\C(COC(C)=O)=C(COC(C)=O)/C=C\1. The second-order valence-electron chi connectivity index (χ2n) is 5.89.